The second kappa shape index (κ2) is 9.42. The van der Waals surface area contributed by atoms with E-state index in [-0.39, 0.29) is 12.3 Å². The summed E-state index contributed by atoms with van der Waals surface area (Å²) in [5, 5.41) is 2.83. The molecule has 0 unspecified atom stereocenters. The molecule has 0 aromatic heterocycles. The summed E-state index contributed by atoms with van der Waals surface area (Å²) in [6.07, 6.45) is 0.232. The highest BCUT2D eigenvalue weighted by molar-refractivity contribution is 5.79. The van der Waals surface area contributed by atoms with Crippen LogP contribution in [0.4, 0.5) is 0 Å². The van der Waals surface area contributed by atoms with Gasteiger partial charge in [0.1, 0.15) is 29.6 Å². The summed E-state index contributed by atoms with van der Waals surface area (Å²) in [5.41, 5.74) is 0.803. The van der Waals surface area contributed by atoms with Crippen LogP contribution < -0.4 is 24.3 Å². The molecule has 2 aromatic rings. The summed E-state index contributed by atoms with van der Waals surface area (Å²) in [6, 6.07) is 12.7. The third-order valence-corrected chi connectivity index (χ3v) is 3.60. The second-order valence-corrected chi connectivity index (χ2v) is 5.23. The molecular weight excluding hydrogens is 322 g/mol. The summed E-state index contributed by atoms with van der Waals surface area (Å²) >= 11 is 0. The molecule has 134 valence electrons. The van der Waals surface area contributed by atoms with Crippen LogP contribution in [0.1, 0.15) is 5.56 Å². The normalized spacial score (nSPS) is 10.0. The van der Waals surface area contributed by atoms with Crippen molar-refractivity contribution >= 4 is 5.91 Å². The number of benzene rings is 2. The quantitative estimate of drug-likeness (QED) is 0.707. The van der Waals surface area contributed by atoms with Crippen molar-refractivity contribution in [2.24, 2.45) is 0 Å². The fourth-order valence-electron chi connectivity index (χ4n) is 2.26. The van der Waals surface area contributed by atoms with Crippen molar-refractivity contribution in [3.8, 4) is 23.0 Å². The van der Waals surface area contributed by atoms with Gasteiger partial charge in [0.25, 0.3) is 0 Å². The fourth-order valence-corrected chi connectivity index (χ4v) is 2.26. The number of nitrogens with one attached hydrogen (secondary N) is 1. The van der Waals surface area contributed by atoms with Gasteiger partial charge < -0.3 is 24.3 Å². The van der Waals surface area contributed by atoms with Gasteiger partial charge in [-0.2, -0.15) is 0 Å². The van der Waals surface area contributed by atoms with Gasteiger partial charge in [-0.25, -0.2) is 0 Å². The number of hydrogen-bond acceptors (Lipinski definition) is 5. The average molecular weight is 345 g/mol. The van der Waals surface area contributed by atoms with Crippen molar-refractivity contribution in [3.63, 3.8) is 0 Å². The molecule has 0 saturated heterocycles. The van der Waals surface area contributed by atoms with Crippen LogP contribution in [0, 0.1) is 0 Å². The molecule has 1 amide bonds. The molecule has 25 heavy (non-hydrogen) atoms. The van der Waals surface area contributed by atoms with E-state index in [9.17, 15) is 4.79 Å². The smallest absolute Gasteiger partial charge is 0.224 e. The van der Waals surface area contributed by atoms with E-state index in [1.165, 1.54) is 0 Å². The number of carbonyl (C=O) groups excluding carboxylic acids is 1. The molecule has 0 aliphatic rings. The number of carbonyl (C=O) groups is 1. The molecule has 0 spiro atoms. The van der Waals surface area contributed by atoms with E-state index < -0.39 is 0 Å². The van der Waals surface area contributed by atoms with E-state index in [0.717, 1.165) is 17.1 Å². The fraction of sp³-hybridized carbons (Fsp3) is 0.316. The lowest BCUT2D eigenvalue weighted by Crippen LogP contribution is -2.29. The summed E-state index contributed by atoms with van der Waals surface area (Å²) in [5.74, 6) is 2.72. The van der Waals surface area contributed by atoms with Crippen molar-refractivity contribution in [3.05, 3.63) is 48.0 Å². The van der Waals surface area contributed by atoms with Crippen LogP contribution in [-0.4, -0.2) is 40.4 Å². The standard InChI is InChI=1S/C19H23NO5/c1-22-15-6-8-16(9-7-15)25-11-10-20-19(21)12-14-4-5-17(23-2)13-18(14)24-3/h4-9,13H,10-12H2,1-3H3,(H,20,21). The maximum Gasteiger partial charge on any atom is 0.224 e. The Kier molecular flexibility index (Phi) is 6.95. The lowest BCUT2D eigenvalue weighted by Gasteiger charge is -2.11. The van der Waals surface area contributed by atoms with Crippen LogP contribution >= 0.6 is 0 Å². The van der Waals surface area contributed by atoms with Crippen LogP contribution in [0.2, 0.25) is 0 Å². The first-order chi connectivity index (χ1) is 12.2. The highest BCUT2D eigenvalue weighted by Gasteiger charge is 2.09. The van der Waals surface area contributed by atoms with Crippen molar-refractivity contribution in [1.29, 1.82) is 0 Å². The van der Waals surface area contributed by atoms with E-state index in [1.54, 1.807) is 33.5 Å². The Balaban J connectivity index is 1.76. The summed E-state index contributed by atoms with van der Waals surface area (Å²) in [6.45, 7) is 0.807. The van der Waals surface area contributed by atoms with Crippen molar-refractivity contribution in [2.45, 2.75) is 6.42 Å². The third-order valence-electron chi connectivity index (χ3n) is 3.60. The van der Waals surface area contributed by atoms with Gasteiger partial charge in [0.2, 0.25) is 5.91 Å². The Hall–Kier alpha value is -2.89. The predicted molar refractivity (Wildman–Crippen MR) is 94.7 cm³/mol. The van der Waals surface area contributed by atoms with Crippen molar-refractivity contribution in [2.75, 3.05) is 34.5 Å². The first kappa shape index (κ1) is 18.4. The van der Waals surface area contributed by atoms with Crippen molar-refractivity contribution in [1.82, 2.24) is 5.32 Å². The largest absolute Gasteiger partial charge is 0.497 e. The summed E-state index contributed by atoms with van der Waals surface area (Å²) in [4.78, 5) is 12.1. The predicted octanol–water partition coefficient (Wildman–Crippen LogP) is 2.45. The van der Waals surface area contributed by atoms with E-state index >= 15 is 0 Å². The maximum absolute atomic E-state index is 12.1. The Labute approximate surface area is 147 Å². The van der Waals surface area contributed by atoms with Gasteiger partial charge in [-0.3, -0.25) is 4.79 Å². The minimum atomic E-state index is -0.0956. The number of methoxy groups -OCH3 is 3. The highest BCUT2D eigenvalue weighted by atomic mass is 16.5. The molecule has 2 aromatic carbocycles. The zero-order chi connectivity index (χ0) is 18.1. The van der Waals surface area contributed by atoms with E-state index in [4.69, 9.17) is 18.9 Å². The number of rotatable bonds is 9. The second-order valence-electron chi connectivity index (χ2n) is 5.23. The summed E-state index contributed by atoms with van der Waals surface area (Å²) in [7, 11) is 4.77. The molecule has 0 bridgehead atoms. The van der Waals surface area contributed by atoms with Gasteiger partial charge in [-0.15, -0.1) is 0 Å². The topological polar surface area (TPSA) is 66.0 Å². The minimum absolute atomic E-state index is 0.0956. The highest BCUT2D eigenvalue weighted by Crippen LogP contribution is 2.24. The van der Waals surface area contributed by atoms with Crippen LogP contribution in [0.25, 0.3) is 0 Å². The zero-order valence-electron chi connectivity index (χ0n) is 14.7. The van der Waals surface area contributed by atoms with Gasteiger partial charge >= 0.3 is 0 Å². The SMILES string of the molecule is COc1ccc(OCCNC(=O)Cc2ccc(OC)cc2OC)cc1. The molecule has 0 saturated carbocycles. The zero-order valence-corrected chi connectivity index (χ0v) is 14.7. The Morgan fingerprint density at radius 1 is 0.880 bits per heavy atom. The number of amides is 1. The maximum atomic E-state index is 12.1. The van der Waals surface area contributed by atoms with E-state index in [1.807, 2.05) is 30.3 Å². The first-order valence-electron chi connectivity index (χ1n) is 7.90. The van der Waals surface area contributed by atoms with Crippen LogP contribution in [0.5, 0.6) is 23.0 Å². The molecule has 0 fully saturated rings. The molecule has 2 rings (SSSR count). The Morgan fingerprint density at radius 2 is 1.52 bits per heavy atom. The number of hydrogen-bond donors (Lipinski definition) is 1. The van der Waals surface area contributed by atoms with Crippen LogP contribution in [-0.2, 0) is 11.2 Å². The third kappa shape index (κ3) is 5.60. The first-order valence-corrected chi connectivity index (χ1v) is 7.90. The molecule has 0 atom stereocenters. The molecule has 6 nitrogen and oxygen atoms in total. The van der Waals surface area contributed by atoms with Gasteiger partial charge in [-0.1, -0.05) is 6.07 Å². The van der Waals surface area contributed by atoms with E-state index in [2.05, 4.69) is 5.32 Å². The molecule has 0 aliphatic carbocycles. The molecule has 1 N–H and O–H groups in total. The molecule has 0 radical (unpaired) electrons. The van der Waals surface area contributed by atoms with Gasteiger partial charge in [0, 0.05) is 11.6 Å². The van der Waals surface area contributed by atoms with Crippen LogP contribution in [0.15, 0.2) is 42.5 Å². The molecule has 0 heterocycles. The van der Waals surface area contributed by atoms with Gasteiger partial charge in [-0.05, 0) is 30.3 Å². The molecule has 0 aliphatic heterocycles. The Bertz CT molecular complexity index is 685. The Morgan fingerprint density at radius 3 is 2.16 bits per heavy atom. The summed E-state index contributed by atoms with van der Waals surface area (Å²) < 4.78 is 21.1. The average Bonchev–Trinajstić information content (AvgIpc) is 2.66. The lowest BCUT2D eigenvalue weighted by molar-refractivity contribution is -0.120. The van der Waals surface area contributed by atoms with E-state index in [0.29, 0.717) is 24.7 Å². The number of ether oxygens (including phenoxy) is 4. The monoisotopic (exact) mass is 345 g/mol. The molecular formula is C19H23NO5. The van der Waals surface area contributed by atoms with Gasteiger partial charge in [0.15, 0.2) is 0 Å². The minimum Gasteiger partial charge on any atom is -0.497 e. The molecule has 6 heteroatoms. The van der Waals surface area contributed by atoms with Gasteiger partial charge in [0.05, 0.1) is 34.3 Å². The van der Waals surface area contributed by atoms with Crippen LogP contribution in [0.3, 0.4) is 0 Å². The van der Waals surface area contributed by atoms with Crippen molar-refractivity contribution < 1.29 is 23.7 Å². The lowest BCUT2D eigenvalue weighted by atomic mass is 10.1.